The Kier molecular flexibility index (Phi) is 7.31. The summed E-state index contributed by atoms with van der Waals surface area (Å²) in [6, 6.07) is 14.4. The zero-order valence-electron chi connectivity index (χ0n) is 21.8. The summed E-state index contributed by atoms with van der Waals surface area (Å²) in [7, 11) is 0. The zero-order valence-corrected chi connectivity index (χ0v) is 21.8. The molecule has 1 saturated carbocycles. The molecule has 0 bridgehead atoms. The molecule has 1 aliphatic heterocycles. The molecule has 194 valence electrons. The van der Waals surface area contributed by atoms with E-state index in [9.17, 15) is 9.59 Å². The molecule has 2 aromatic carbocycles. The van der Waals surface area contributed by atoms with Crippen LogP contribution in [0.3, 0.4) is 0 Å². The lowest BCUT2D eigenvalue weighted by Gasteiger charge is -2.38. The van der Waals surface area contributed by atoms with Gasteiger partial charge in [0.15, 0.2) is 12.3 Å². The first-order valence-electron chi connectivity index (χ1n) is 13.2. The molecule has 1 fully saturated rings. The van der Waals surface area contributed by atoms with E-state index in [-0.39, 0.29) is 36.1 Å². The average molecular weight is 502 g/mol. The van der Waals surface area contributed by atoms with Crippen LogP contribution in [0, 0.1) is 18.8 Å². The number of rotatable bonds is 9. The van der Waals surface area contributed by atoms with Crippen molar-refractivity contribution >= 4 is 11.8 Å². The van der Waals surface area contributed by atoms with Crippen molar-refractivity contribution < 1.29 is 18.7 Å². The highest BCUT2D eigenvalue weighted by molar-refractivity contribution is 5.91. The topological polar surface area (TPSA) is 84.7 Å². The molecule has 1 aromatic heterocycles. The van der Waals surface area contributed by atoms with Gasteiger partial charge in [0.1, 0.15) is 12.0 Å². The summed E-state index contributed by atoms with van der Waals surface area (Å²) in [4.78, 5) is 31.9. The smallest absolute Gasteiger partial charge is 0.273 e. The van der Waals surface area contributed by atoms with Crippen LogP contribution in [0.25, 0.3) is 0 Å². The number of nitrogens with one attached hydrogen (secondary N) is 1. The quantitative estimate of drug-likeness (QED) is 0.434. The van der Waals surface area contributed by atoms with E-state index < -0.39 is 0 Å². The molecule has 3 aromatic rings. The number of aromatic nitrogens is 1. The minimum atomic E-state index is -0.245. The van der Waals surface area contributed by atoms with E-state index in [1.807, 2.05) is 12.1 Å². The van der Waals surface area contributed by atoms with Gasteiger partial charge in [-0.2, -0.15) is 0 Å². The summed E-state index contributed by atoms with van der Waals surface area (Å²) in [5.41, 5.74) is 4.87. The van der Waals surface area contributed by atoms with Crippen molar-refractivity contribution in [3.05, 3.63) is 82.6 Å². The first kappa shape index (κ1) is 25.1. The molecule has 1 aliphatic carbocycles. The SMILES string of the molecule is Cc1cccc([C@H]2c3cc(OCc4nc(C(=O)NCCC(C)C)co4)ccc3CCN2C(=O)C2CC2)c1. The molecular weight excluding hydrogens is 466 g/mol. The maximum atomic E-state index is 13.2. The molecule has 1 N–H and O–H groups in total. The molecule has 2 aliphatic rings. The third-order valence-electron chi connectivity index (χ3n) is 7.07. The number of fused-ring (bicyclic) bond motifs is 1. The zero-order chi connectivity index (χ0) is 25.9. The van der Waals surface area contributed by atoms with Crippen LogP contribution in [0.2, 0.25) is 0 Å². The third kappa shape index (κ3) is 5.87. The molecule has 0 saturated heterocycles. The molecule has 0 unspecified atom stereocenters. The average Bonchev–Trinajstić information content (AvgIpc) is 3.63. The van der Waals surface area contributed by atoms with Crippen LogP contribution in [0.15, 0.2) is 53.1 Å². The Labute approximate surface area is 218 Å². The highest BCUT2D eigenvalue weighted by atomic mass is 16.5. The van der Waals surface area contributed by atoms with E-state index in [0.717, 1.165) is 43.4 Å². The number of hydrogen-bond donors (Lipinski definition) is 1. The van der Waals surface area contributed by atoms with E-state index in [0.29, 0.717) is 24.1 Å². The Bertz CT molecular complexity index is 1280. The molecule has 2 amide bonds. The molecular formula is C30H35N3O4. The van der Waals surface area contributed by atoms with Crippen molar-refractivity contribution in [1.82, 2.24) is 15.2 Å². The summed E-state index contributed by atoms with van der Waals surface area (Å²) >= 11 is 0. The van der Waals surface area contributed by atoms with Gasteiger partial charge < -0.3 is 19.4 Å². The summed E-state index contributed by atoms with van der Waals surface area (Å²) in [5.74, 6) is 1.71. The monoisotopic (exact) mass is 501 g/mol. The number of nitrogens with zero attached hydrogens (tertiary/aromatic N) is 2. The fraction of sp³-hybridized carbons (Fsp3) is 0.433. The number of carbonyl (C=O) groups excluding carboxylic acids is 2. The molecule has 0 spiro atoms. The van der Waals surface area contributed by atoms with Crippen LogP contribution in [0.4, 0.5) is 0 Å². The minimum absolute atomic E-state index is 0.109. The van der Waals surface area contributed by atoms with Crippen molar-refractivity contribution in [2.75, 3.05) is 13.1 Å². The van der Waals surface area contributed by atoms with Gasteiger partial charge in [-0.05, 0) is 67.3 Å². The van der Waals surface area contributed by atoms with Crippen LogP contribution in [-0.4, -0.2) is 34.8 Å². The Hall–Kier alpha value is -3.61. The van der Waals surface area contributed by atoms with Crippen molar-refractivity contribution in [1.29, 1.82) is 0 Å². The molecule has 37 heavy (non-hydrogen) atoms. The normalized spacial score (nSPS) is 17.0. The summed E-state index contributed by atoms with van der Waals surface area (Å²) in [5, 5.41) is 2.87. The second-order valence-corrected chi connectivity index (χ2v) is 10.6. The Morgan fingerprint density at radius 2 is 2.03 bits per heavy atom. The predicted octanol–water partition coefficient (Wildman–Crippen LogP) is 5.22. The maximum absolute atomic E-state index is 13.2. The van der Waals surface area contributed by atoms with Crippen LogP contribution in [0.5, 0.6) is 5.75 Å². The lowest BCUT2D eigenvalue weighted by atomic mass is 9.87. The number of ether oxygens (including phenoxy) is 1. The molecule has 7 nitrogen and oxygen atoms in total. The van der Waals surface area contributed by atoms with Crippen molar-refractivity contribution in [3.8, 4) is 5.75 Å². The summed E-state index contributed by atoms with van der Waals surface area (Å²) in [6.45, 7) is 7.74. The fourth-order valence-electron chi connectivity index (χ4n) is 4.88. The van der Waals surface area contributed by atoms with Gasteiger partial charge >= 0.3 is 0 Å². The molecule has 2 heterocycles. The number of carbonyl (C=O) groups is 2. The van der Waals surface area contributed by atoms with E-state index in [1.165, 1.54) is 17.4 Å². The van der Waals surface area contributed by atoms with Gasteiger partial charge in [-0.15, -0.1) is 0 Å². The van der Waals surface area contributed by atoms with Gasteiger partial charge in [-0.1, -0.05) is 49.7 Å². The number of benzene rings is 2. The van der Waals surface area contributed by atoms with Gasteiger partial charge in [0.25, 0.3) is 5.91 Å². The largest absolute Gasteiger partial charge is 0.484 e. The van der Waals surface area contributed by atoms with Gasteiger partial charge in [-0.3, -0.25) is 9.59 Å². The van der Waals surface area contributed by atoms with Crippen LogP contribution in [0.1, 0.15) is 77.8 Å². The lowest BCUT2D eigenvalue weighted by Crippen LogP contribution is -2.41. The van der Waals surface area contributed by atoms with E-state index in [1.54, 1.807) is 0 Å². The Balaban J connectivity index is 1.32. The van der Waals surface area contributed by atoms with E-state index in [4.69, 9.17) is 9.15 Å². The van der Waals surface area contributed by atoms with Gasteiger partial charge in [0.2, 0.25) is 11.8 Å². The number of oxazole rings is 1. The molecule has 7 heteroatoms. The standard InChI is InChI=1S/C30H35N3O4/c1-19(2)11-13-31-29(34)26-17-37-27(32-26)18-36-24-10-9-21-12-14-33(30(35)22-7-8-22)28(25(21)16-24)23-6-4-5-20(3)15-23/h4-6,9-10,15-17,19,22,28H,7-8,11-14,18H2,1-3H3,(H,31,34)/t28-/m0/s1. The van der Waals surface area contributed by atoms with Crippen molar-refractivity contribution in [2.24, 2.45) is 11.8 Å². The maximum Gasteiger partial charge on any atom is 0.273 e. The summed E-state index contributed by atoms with van der Waals surface area (Å²) < 4.78 is 11.5. The van der Waals surface area contributed by atoms with Gasteiger partial charge in [0.05, 0.1) is 6.04 Å². The first-order valence-corrected chi connectivity index (χ1v) is 13.2. The third-order valence-corrected chi connectivity index (χ3v) is 7.07. The second-order valence-electron chi connectivity index (χ2n) is 10.6. The van der Waals surface area contributed by atoms with Crippen molar-refractivity contribution in [2.45, 2.75) is 59.1 Å². The van der Waals surface area contributed by atoms with Crippen LogP contribution in [-0.2, 0) is 17.8 Å². The van der Waals surface area contributed by atoms with Gasteiger partial charge in [0, 0.05) is 19.0 Å². The number of amides is 2. The minimum Gasteiger partial charge on any atom is -0.484 e. The van der Waals surface area contributed by atoms with Crippen LogP contribution < -0.4 is 10.1 Å². The predicted molar refractivity (Wildman–Crippen MR) is 140 cm³/mol. The number of aryl methyl sites for hydroxylation is 1. The number of hydrogen-bond acceptors (Lipinski definition) is 5. The highest BCUT2D eigenvalue weighted by Crippen LogP contribution is 2.41. The Morgan fingerprint density at radius 1 is 1.19 bits per heavy atom. The highest BCUT2D eigenvalue weighted by Gasteiger charge is 2.39. The van der Waals surface area contributed by atoms with E-state index >= 15 is 0 Å². The van der Waals surface area contributed by atoms with Crippen LogP contribution >= 0.6 is 0 Å². The van der Waals surface area contributed by atoms with E-state index in [2.05, 4.69) is 66.3 Å². The molecule has 1 atom stereocenters. The van der Waals surface area contributed by atoms with Crippen molar-refractivity contribution in [3.63, 3.8) is 0 Å². The molecule has 0 radical (unpaired) electrons. The van der Waals surface area contributed by atoms with Gasteiger partial charge in [-0.25, -0.2) is 4.98 Å². The first-order chi connectivity index (χ1) is 17.9. The second kappa shape index (κ2) is 10.8. The summed E-state index contributed by atoms with van der Waals surface area (Å²) in [6.07, 6.45) is 5.07. The Morgan fingerprint density at radius 3 is 2.78 bits per heavy atom. The fourth-order valence-corrected chi connectivity index (χ4v) is 4.88. The lowest BCUT2D eigenvalue weighted by molar-refractivity contribution is -0.134. The molecule has 5 rings (SSSR count).